The van der Waals surface area contributed by atoms with Gasteiger partial charge in [0, 0.05) is 18.7 Å². The fourth-order valence-electron chi connectivity index (χ4n) is 1.39. The van der Waals surface area contributed by atoms with Crippen LogP contribution in [0, 0.1) is 0 Å². The minimum Gasteiger partial charge on any atom is -0.480 e. The number of rotatable bonds is 8. The third-order valence-electron chi connectivity index (χ3n) is 2.35. The van der Waals surface area contributed by atoms with Crippen LogP contribution in [0.5, 0.6) is 0 Å². The lowest BCUT2D eigenvalue weighted by Gasteiger charge is -2.07. The number of nitrogens with one attached hydrogen (secondary N) is 3. The summed E-state index contributed by atoms with van der Waals surface area (Å²) in [5, 5.41) is 16.1. The third-order valence-corrected chi connectivity index (χ3v) is 2.35. The molecule has 0 aliphatic rings. The molecule has 2 amide bonds. The molecule has 7 heteroatoms. The number of hydrogen-bond acceptors (Lipinski definition) is 4. The molecular formula is C13H17N3O4. The van der Waals surface area contributed by atoms with Crippen LogP contribution < -0.4 is 16.0 Å². The largest absolute Gasteiger partial charge is 0.480 e. The van der Waals surface area contributed by atoms with E-state index in [0.29, 0.717) is 18.7 Å². The van der Waals surface area contributed by atoms with Crippen LogP contribution in [0.3, 0.4) is 0 Å². The van der Waals surface area contributed by atoms with Gasteiger partial charge >= 0.3 is 5.97 Å². The molecule has 0 spiro atoms. The quantitative estimate of drug-likeness (QED) is 0.466. The first-order valence-corrected chi connectivity index (χ1v) is 6.12. The standard InChI is InChI=1S/C13H17N3O4/c17-11(16-9-12(18)19)8-14-6-7-15-13(20)10-4-2-1-3-5-10/h1-5,14H,6-9H2,(H,15,20)(H,16,17)(H,18,19). The number of carboxylic acid groups (broad SMARTS) is 1. The Labute approximate surface area is 116 Å². The van der Waals surface area contributed by atoms with Crippen LogP contribution in [0.25, 0.3) is 0 Å². The molecule has 1 aromatic carbocycles. The summed E-state index contributed by atoms with van der Waals surface area (Å²) in [6, 6.07) is 8.80. The van der Waals surface area contributed by atoms with Gasteiger partial charge in [-0.2, -0.15) is 0 Å². The Balaban J connectivity index is 2.09. The first-order chi connectivity index (χ1) is 9.59. The van der Waals surface area contributed by atoms with Gasteiger partial charge in [0.25, 0.3) is 5.91 Å². The van der Waals surface area contributed by atoms with Crippen LogP contribution in [0.1, 0.15) is 10.4 Å². The second-order valence-corrected chi connectivity index (χ2v) is 3.97. The topological polar surface area (TPSA) is 108 Å². The summed E-state index contributed by atoms with van der Waals surface area (Å²) in [6.45, 7) is 0.402. The monoisotopic (exact) mass is 279 g/mol. The molecule has 0 aromatic heterocycles. The van der Waals surface area contributed by atoms with Gasteiger partial charge in [-0.25, -0.2) is 0 Å². The van der Waals surface area contributed by atoms with Crippen molar-refractivity contribution in [2.24, 2.45) is 0 Å². The van der Waals surface area contributed by atoms with Crippen molar-refractivity contribution in [2.45, 2.75) is 0 Å². The summed E-state index contributed by atoms with van der Waals surface area (Å²) in [5.74, 6) is -1.67. The van der Waals surface area contributed by atoms with Crippen molar-refractivity contribution in [2.75, 3.05) is 26.2 Å². The molecule has 4 N–H and O–H groups in total. The molecule has 0 radical (unpaired) electrons. The van der Waals surface area contributed by atoms with Gasteiger partial charge in [0.2, 0.25) is 5.91 Å². The molecule has 7 nitrogen and oxygen atoms in total. The maximum absolute atomic E-state index is 11.6. The lowest BCUT2D eigenvalue weighted by atomic mass is 10.2. The SMILES string of the molecule is O=C(O)CNC(=O)CNCCNC(=O)c1ccccc1. The summed E-state index contributed by atoms with van der Waals surface area (Å²) in [5.41, 5.74) is 0.576. The molecular weight excluding hydrogens is 262 g/mol. The number of benzene rings is 1. The zero-order valence-corrected chi connectivity index (χ0v) is 10.9. The minimum atomic E-state index is -1.09. The van der Waals surface area contributed by atoms with Crippen molar-refractivity contribution in [3.63, 3.8) is 0 Å². The highest BCUT2D eigenvalue weighted by atomic mass is 16.4. The van der Waals surface area contributed by atoms with Gasteiger partial charge in [0.15, 0.2) is 0 Å². The second-order valence-electron chi connectivity index (χ2n) is 3.97. The highest BCUT2D eigenvalue weighted by Crippen LogP contribution is 1.96. The first-order valence-electron chi connectivity index (χ1n) is 6.12. The van der Waals surface area contributed by atoms with Gasteiger partial charge in [-0.15, -0.1) is 0 Å². The number of carboxylic acids is 1. The summed E-state index contributed by atoms with van der Waals surface area (Å²) < 4.78 is 0. The summed E-state index contributed by atoms with van der Waals surface area (Å²) >= 11 is 0. The van der Waals surface area contributed by atoms with Gasteiger partial charge in [0.05, 0.1) is 6.54 Å². The zero-order chi connectivity index (χ0) is 14.8. The van der Waals surface area contributed by atoms with Crippen LogP contribution in [0.15, 0.2) is 30.3 Å². The highest BCUT2D eigenvalue weighted by molar-refractivity contribution is 5.94. The average Bonchev–Trinajstić information content (AvgIpc) is 2.45. The van der Waals surface area contributed by atoms with E-state index in [1.807, 2.05) is 6.07 Å². The van der Waals surface area contributed by atoms with Crippen molar-refractivity contribution in [1.82, 2.24) is 16.0 Å². The van der Waals surface area contributed by atoms with E-state index in [1.54, 1.807) is 24.3 Å². The summed E-state index contributed by atoms with van der Waals surface area (Å²) in [7, 11) is 0. The van der Waals surface area contributed by atoms with Crippen molar-refractivity contribution in [1.29, 1.82) is 0 Å². The first kappa shape index (κ1) is 15.6. The van der Waals surface area contributed by atoms with Gasteiger partial charge in [-0.3, -0.25) is 14.4 Å². The van der Waals surface area contributed by atoms with Crippen LogP contribution in [0.4, 0.5) is 0 Å². The van der Waals surface area contributed by atoms with E-state index in [2.05, 4.69) is 16.0 Å². The number of carbonyl (C=O) groups excluding carboxylic acids is 2. The number of carbonyl (C=O) groups is 3. The summed E-state index contributed by atoms with van der Waals surface area (Å²) in [6.07, 6.45) is 0. The fourth-order valence-corrected chi connectivity index (χ4v) is 1.39. The van der Waals surface area contributed by atoms with E-state index < -0.39 is 18.4 Å². The van der Waals surface area contributed by atoms with Crippen LogP contribution in [-0.4, -0.2) is 49.1 Å². The fraction of sp³-hybridized carbons (Fsp3) is 0.308. The normalized spacial score (nSPS) is 9.80. The molecule has 0 atom stereocenters. The molecule has 0 saturated carbocycles. The van der Waals surface area contributed by atoms with Crippen molar-refractivity contribution in [3.05, 3.63) is 35.9 Å². The zero-order valence-electron chi connectivity index (χ0n) is 10.9. The van der Waals surface area contributed by atoms with E-state index in [-0.39, 0.29) is 12.5 Å². The number of hydrogen-bond donors (Lipinski definition) is 4. The summed E-state index contributed by atoms with van der Waals surface area (Å²) in [4.78, 5) is 33.0. The molecule has 1 rings (SSSR count). The lowest BCUT2D eigenvalue weighted by Crippen LogP contribution is -2.39. The molecule has 0 saturated heterocycles. The van der Waals surface area contributed by atoms with Crippen molar-refractivity contribution >= 4 is 17.8 Å². The maximum Gasteiger partial charge on any atom is 0.322 e. The Bertz CT molecular complexity index is 462. The Hall–Kier alpha value is -2.41. The van der Waals surface area contributed by atoms with Crippen LogP contribution in [0.2, 0.25) is 0 Å². The Morgan fingerprint density at radius 2 is 1.65 bits per heavy atom. The molecule has 0 unspecified atom stereocenters. The van der Waals surface area contributed by atoms with Crippen LogP contribution in [-0.2, 0) is 9.59 Å². The highest BCUT2D eigenvalue weighted by Gasteiger charge is 2.04. The predicted molar refractivity (Wildman–Crippen MR) is 72.3 cm³/mol. The van der Waals surface area contributed by atoms with E-state index in [9.17, 15) is 14.4 Å². The molecule has 0 aliphatic heterocycles. The van der Waals surface area contributed by atoms with E-state index in [4.69, 9.17) is 5.11 Å². The Morgan fingerprint density at radius 1 is 0.950 bits per heavy atom. The van der Waals surface area contributed by atoms with E-state index >= 15 is 0 Å². The molecule has 0 bridgehead atoms. The molecule has 1 aromatic rings. The smallest absolute Gasteiger partial charge is 0.322 e. The number of aliphatic carboxylic acids is 1. The lowest BCUT2D eigenvalue weighted by molar-refractivity contribution is -0.137. The number of amides is 2. The van der Waals surface area contributed by atoms with Gasteiger partial charge in [0.1, 0.15) is 6.54 Å². The van der Waals surface area contributed by atoms with E-state index in [0.717, 1.165) is 0 Å². The van der Waals surface area contributed by atoms with Gasteiger partial charge in [-0.05, 0) is 12.1 Å². The molecule has 0 heterocycles. The minimum absolute atomic E-state index is 0.00842. The van der Waals surface area contributed by atoms with E-state index in [1.165, 1.54) is 0 Å². The molecule has 0 fully saturated rings. The molecule has 0 aliphatic carbocycles. The van der Waals surface area contributed by atoms with Crippen molar-refractivity contribution < 1.29 is 19.5 Å². The Morgan fingerprint density at radius 3 is 2.30 bits per heavy atom. The van der Waals surface area contributed by atoms with Crippen molar-refractivity contribution in [3.8, 4) is 0 Å². The Kier molecular flexibility index (Phi) is 6.77. The molecule has 108 valence electrons. The predicted octanol–water partition coefficient (Wildman–Crippen LogP) is -0.793. The van der Waals surface area contributed by atoms with Gasteiger partial charge in [-0.1, -0.05) is 18.2 Å². The average molecular weight is 279 g/mol. The second kappa shape index (κ2) is 8.65. The third kappa shape index (κ3) is 6.50. The maximum atomic E-state index is 11.6. The molecule has 20 heavy (non-hydrogen) atoms. The van der Waals surface area contributed by atoms with Gasteiger partial charge < -0.3 is 21.1 Å². The van der Waals surface area contributed by atoms with Crippen LogP contribution >= 0.6 is 0 Å².